The van der Waals surface area contributed by atoms with E-state index in [1.807, 2.05) is 54.2 Å². The van der Waals surface area contributed by atoms with Crippen molar-refractivity contribution in [3.8, 4) is 5.75 Å². The molecule has 2 heterocycles. The van der Waals surface area contributed by atoms with Crippen LogP contribution in [0.3, 0.4) is 0 Å². The first-order chi connectivity index (χ1) is 10.9. The molecule has 0 saturated carbocycles. The minimum atomic E-state index is 0.315. The Kier molecular flexibility index (Phi) is 3.77. The minimum absolute atomic E-state index is 0.315. The van der Waals surface area contributed by atoms with Gasteiger partial charge in [-0.2, -0.15) is 4.99 Å². The van der Waals surface area contributed by atoms with Crippen LogP contribution in [0, 0.1) is 0 Å². The van der Waals surface area contributed by atoms with Gasteiger partial charge in [-0.15, -0.1) is 11.8 Å². The van der Waals surface area contributed by atoms with Crippen LogP contribution in [0.5, 0.6) is 5.75 Å². The molecule has 2 aliphatic heterocycles. The highest BCUT2D eigenvalue weighted by molar-refractivity contribution is 7.99. The Morgan fingerprint density at radius 2 is 1.82 bits per heavy atom. The molecular weight excluding hydrogens is 292 g/mol. The van der Waals surface area contributed by atoms with Crippen molar-refractivity contribution in [2.24, 2.45) is 4.99 Å². The summed E-state index contributed by atoms with van der Waals surface area (Å²) < 4.78 is 6.12. The van der Waals surface area contributed by atoms with Gasteiger partial charge in [0, 0.05) is 12.1 Å². The molecule has 0 aliphatic carbocycles. The van der Waals surface area contributed by atoms with Crippen molar-refractivity contribution in [3.05, 3.63) is 60.2 Å². The van der Waals surface area contributed by atoms with Gasteiger partial charge in [-0.1, -0.05) is 36.4 Å². The summed E-state index contributed by atoms with van der Waals surface area (Å²) in [5, 5.41) is 0.315. The van der Waals surface area contributed by atoms with Gasteiger partial charge in [-0.05, 0) is 36.8 Å². The lowest BCUT2D eigenvalue weighted by molar-refractivity contribution is 0.297. The first kappa shape index (κ1) is 13.7. The number of fused-ring (bicyclic) bond motifs is 3. The molecule has 22 heavy (non-hydrogen) atoms. The van der Waals surface area contributed by atoms with Crippen LogP contribution >= 0.6 is 11.8 Å². The number of amidine groups is 1. The Labute approximate surface area is 135 Å². The van der Waals surface area contributed by atoms with E-state index in [4.69, 9.17) is 9.73 Å². The third-order valence-corrected chi connectivity index (χ3v) is 5.31. The Morgan fingerprint density at radius 3 is 2.73 bits per heavy atom. The molecule has 0 spiro atoms. The molecule has 1 saturated heterocycles. The van der Waals surface area contributed by atoms with E-state index in [9.17, 15) is 0 Å². The first-order valence-corrected chi connectivity index (χ1v) is 8.75. The highest BCUT2D eigenvalue weighted by Gasteiger charge is 2.34. The summed E-state index contributed by atoms with van der Waals surface area (Å²) in [6, 6.07) is 19.1. The maximum absolute atomic E-state index is 6.12. The number of ether oxygens (including phenoxy) is 1. The molecule has 1 fully saturated rings. The molecule has 112 valence electrons. The zero-order valence-corrected chi connectivity index (χ0v) is 13.1. The molecule has 2 aliphatic rings. The van der Waals surface area contributed by atoms with E-state index in [1.165, 1.54) is 24.2 Å². The fourth-order valence-electron chi connectivity index (χ4n) is 2.87. The number of aliphatic imine (C=N–C) groups is 1. The SMILES string of the molecule is c1ccc(N=C2Oc3ccccc3C3SCCCCN23)cc1. The standard InChI is InChI=1S/C18H18N2OS/c1-2-8-14(9-3-1)19-18-20-12-6-7-13-22-17(20)15-10-4-5-11-16(15)21-18/h1-5,8-11,17H,6-7,12-13H2. The highest BCUT2D eigenvalue weighted by atomic mass is 32.2. The summed E-state index contributed by atoms with van der Waals surface area (Å²) in [6.45, 7) is 0.998. The van der Waals surface area contributed by atoms with Gasteiger partial charge in [-0.25, -0.2) is 0 Å². The Balaban J connectivity index is 1.77. The molecule has 3 nitrogen and oxygen atoms in total. The summed E-state index contributed by atoms with van der Waals surface area (Å²) in [5.41, 5.74) is 2.20. The molecule has 1 atom stereocenters. The minimum Gasteiger partial charge on any atom is -0.425 e. The van der Waals surface area contributed by atoms with E-state index >= 15 is 0 Å². The summed E-state index contributed by atoms with van der Waals surface area (Å²) in [5.74, 6) is 2.13. The van der Waals surface area contributed by atoms with Crippen molar-refractivity contribution in [1.82, 2.24) is 4.90 Å². The number of nitrogens with zero attached hydrogens (tertiary/aromatic N) is 2. The predicted molar refractivity (Wildman–Crippen MR) is 91.7 cm³/mol. The van der Waals surface area contributed by atoms with Crippen molar-refractivity contribution >= 4 is 23.5 Å². The first-order valence-electron chi connectivity index (χ1n) is 7.70. The van der Waals surface area contributed by atoms with E-state index in [-0.39, 0.29) is 0 Å². The van der Waals surface area contributed by atoms with Crippen LogP contribution < -0.4 is 4.74 Å². The lowest BCUT2D eigenvalue weighted by Crippen LogP contribution is -2.40. The molecule has 0 bridgehead atoms. The molecule has 0 aromatic heterocycles. The lowest BCUT2D eigenvalue weighted by Gasteiger charge is -2.36. The van der Waals surface area contributed by atoms with Gasteiger partial charge in [0.2, 0.25) is 0 Å². The maximum Gasteiger partial charge on any atom is 0.299 e. The van der Waals surface area contributed by atoms with Gasteiger partial charge >= 0.3 is 0 Å². The van der Waals surface area contributed by atoms with Gasteiger partial charge in [0.1, 0.15) is 11.1 Å². The van der Waals surface area contributed by atoms with E-state index in [2.05, 4.69) is 17.0 Å². The van der Waals surface area contributed by atoms with Crippen molar-refractivity contribution in [2.45, 2.75) is 18.2 Å². The molecule has 4 rings (SSSR count). The quantitative estimate of drug-likeness (QED) is 0.770. The van der Waals surface area contributed by atoms with Crippen LogP contribution in [0.1, 0.15) is 23.8 Å². The summed E-state index contributed by atoms with van der Waals surface area (Å²) in [6.07, 6.45) is 2.43. The maximum atomic E-state index is 6.12. The second kappa shape index (κ2) is 6.05. The smallest absolute Gasteiger partial charge is 0.299 e. The largest absolute Gasteiger partial charge is 0.425 e. The third kappa shape index (κ3) is 2.59. The molecule has 1 unspecified atom stereocenters. The summed E-state index contributed by atoms with van der Waals surface area (Å²) in [7, 11) is 0. The number of hydrogen-bond acceptors (Lipinski definition) is 3. The summed E-state index contributed by atoms with van der Waals surface area (Å²) >= 11 is 1.99. The van der Waals surface area contributed by atoms with Crippen molar-refractivity contribution in [3.63, 3.8) is 0 Å². The van der Waals surface area contributed by atoms with E-state index in [0.29, 0.717) is 5.37 Å². The second-order valence-electron chi connectivity index (χ2n) is 5.49. The van der Waals surface area contributed by atoms with Crippen LogP contribution in [-0.4, -0.2) is 23.2 Å². The van der Waals surface area contributed by atoms with Crippen LogP contribution in [0.2, 0.25) is 0 Å². The van der Waals surface area contributed by atoms with Crippen molar-refractivity contribution < 1.29 is 4.74 Å². The second-order valence-corrected chi connectivity index (χ2v) is 6.68. The van der Waals surface area contributed by atoms with Crippen LogP contribution in [0.4, 0.5) is 5.69 Å². The number of rotatable bonds is 1. The van der Waals surface area contributed by atoms with Crippen LogP contribution in [0.25, 0.3) is 0 Å². The number of hydrogen-bond donors (Lipinski definition) is 0. The average molecular weight is 310 g/mol. The van der Waals surface area contributed by atoms with Gasteiger partial charge < -0.3 is 9.64 Å². The van der Waals surface area contributed by atoms with Gasteiger partial charge in [0.15, 0.2) is 0 Å². The van der Waals surface area contributed by atoms with Gasteiger partial charge in [-0.3, -0.25) is 0 Å². The molecule has 2 aromatic carbocycles. The fourth-order valence-corrected chi connectivity index (χ4v) is 4.22. The van der Waals surface area contributed by atoms with Crippen molar-refractivity contribution in [1.29, 1.82) is 0 Å². The lowest BCUT2D eigenvalue weighted by atomic mass is 10.1. The number of benzene rings is 2. The zero-order chi connectivity index (χ0) is 14.8. The number of thioether (sulfide) groups is 1. The van der Waals surface area contributed by atoms with Crippen LogP contribution in [0.15, 0.2) is 59.6 Å². The van der Waals surface area contributed by atoms with E-state index in [0.717, 1.165) is 24.0 Å². The molecule has 2 aromatic rings. The normalized spacial score (nSPS) is 22.5. The van der Waals surface area contributed by atoms with Crippen molar-refractivity contribution in [2.75, 3.05) is 12.3 Å². The Hall–Kier alpha value is -1.94. The van der Waals surface area contributed by atoms with E-state index < -0.39 is 0 Å². The fraction of sp³-hybridized carbons (Fsp3) is 0.278. The van der Waals surface area contributed by atoms with Gasteiger partial charge in [0.05, 0.1) is 5.69 Å². The molecule has 0 radical (unpaired) electrons. The molecular formula is C18H18N2OS. The van der Waals surface area contributed by atoms with Gasteiger partial charge in [0.25, 0.3) is 6.02 Å². The zero-order valence-electron chi connectivity index (χ0n) is 12.3. The Bertz CT molecular complexity index is 686. The number of para-hydroxylation sites is 2. The average Bonchev–Trinajstić information content (AvgIpc) is 2.82. The molecule has 0 amide bonds. The van der Waals surface area contributed by atoms with E-state index in [1.54, 1.807) is 0 Å². The molecule has 4 heteroatoms. The Morgan fingerprint density at radius 1 is 1.00 bits per heavy atom. The molecule has 0 N–H and O–H groups in total. The third-order valence-electron chi connectivity index (χ3n) is 3.97. The highest BCUT2D eigenvalue weighted by Crippen LogP contribution is 2.43. The summed E-state index contributed by atoms with van der Waals surface area (Å²) in [4.78, 5) is 7.06. The monoisotopic (exact) mass is 310 g/mol. The topological polar surface area (TPSA) is 24.8 Å². The predicted octanol–water partition coefficient (Wildman–Crippen LogP) is 4.59. The van der Waals surface area contributed by atoms with Crippen LogP contribution in [-0.2, 0) is 0 Å².